The Morgan fingerprint density at radius 3 is 2.58 bits per heavy atom. The highest BCUT2D eigenvalue weighted by Crippen LogP contribution is 2.20. The smallest absolute Gasteiger partial charge is 0.253 e. The van der Waals surface area contributed by atoms with Gasteiger partial charge in [0.1, 0.15) is 12.4 Å². The third-order valence-electron chi connectivity index (χ3n) is 3.68. The van der Waals surface area contributed by atoms with E-state index in [1.165, 1.54) is 0 Å². The lowest BCUT2D eigenvalue weighted by Gasteiger charge is -2.09. The molecular formula is C20H16Cl2N2O2. The number of hydrogen-bond acceptors (Lipinski definition) is 3. The number of nitrogens with one attached hydrogen (secondary N) is 1. The molecule has 0 radical (unpaired) electrons. The summed E-state index contributed by atoms with van der Waals surface area (Å²) in [5, 5.41) is 3.66. The summed E-state index contributed by atoms with van der Waals surface area (Å²) >= 11 is 12.0. The number of hydrogen-bond donors (Lipinski definition) is 1. The summed E-state index contributed by atoms with van der Waals surface area (Å²) in [5.74, 6) is 0.483. The summed E-state index contributed by atoms with van der Waals surface area (Å²) in [6.07, 6.45) is 3.49. The fourth-order valence-electron chi connectivity index (χ4n) is 2.30. The van der Waals surface area contributed by atoms with Crippen LogP contribution in [0.2, 0.25) is 10.0 Å². The van der Waals surface area contributed by atoms with Gasteiger partial charge in [-0.3, -0.25) is 9.78 Å². The van der Waals surface area contributed by atoms with E-state index in [1.54, 1.807) is 30.6 Å². The lowest BCUT2D eigenvalue weighted by Crippen LogP contribution is -2.23. The second kappa shape index (κ2) is 8.70. The van der Waals surface area contributed by atoms with Gasteiger partial charge >= 0.3 is 0 Å². The first-order chi connectivity index (χ1) is 12.6. The van der Waals surface area contributed by atoms with Gasteiger partial charge in [0.05, 0.1) is 10.6 Å². The Labute approximate surface area is 161 Å². The maximum atomic E-state index is 12.2. The Morgan fingerprint density at radius 1 is 1.04 bits per heavy atom. The van der Waals surface area contributed by atoms with E-state index in [0.29, 0.717) is 28.8 Å². The number of halogens is 2. The number of carbonyl (C=O) groups is 1. The molecular weight excluding hydrogens is 371 g/mol. The van der Waals surface area contributed by atoms with Crippen LogP contribution in [0.1, 0.15) is 21.5 Å². The average molecular weight is 387 g/mol. The molecule has 3 aromatic rings. The van der Waals surface area contributed by atoms with Crippen LogP contribution in [0.3, 0.4) is 0 Å². The van der Waals surface area contributed by atoms with Crippen molar-refractivity contribution in [2.75, 3.05) is 0 Å². The summed E-state index contributed by atoms with van der Waals surface area (Å²) in [6.45, 7) is 0.835. The van der Waals surface area contributed by atoms with Crippen LogP contribution in [0.15, 0.2) is 67.0 Å². The highest BCUT2D eigenvalue weighted by Gasteiger charge is 2.10. The molecule has 4 nitrogen and oxygen atoms in total. The van der Waals surface area contributed by atoms with Gasteiger partial charge in [-0.05, 0) is 42.0 Å². The molecule has 2 aromatic carbocycles. The molecule has 0 saturated carbocycles. The number of pyridine rings is 1. The van der Waals surface area contributed by atoms with E-state index in [9.17, 15) is 4.79 Å². The van der Waals surface area contributed by atoms with Crippen LogP contribution in [0.4, 0.5) is 0 Å². The molecule has 26 heavy (non-hydrogen) atoms. The summed E-state index contributed by atoms with van der Waals surface area (Å²) in [5.41, 5.74) is 2.31. The van der Waals surface area contributed by atoms with Crippen molar-refractivity contribution in [2.24, 2.45) is 0 Å². The van der Waals surface area contributed by atoms with Crippen LogP contribution in [-0.2, 0) is 13.2 Å². The van der Waals surface area contributed by atoms with Gasteiger partial charge in [0.25, 0.3) is 5.91 Å². The molecule has 1 aromatic heterocycles. The molecule has 0 bridgehead atoms. The third-order valence-corrected chi connectivity index (χ3v) is 4.24. The number of aromatic nitrogens is 1. The molecule has 0 aliphatic heterocycles. The summed E-state index contributed by atoms with van der Waals surface area (Å²) in [7, 11) is 0. The molecule has 0 aliphatic rings. The Balaban J connectivity index is 1.54. The molecule has 0 unspecified atom stereocenters. The lowest BCUT2D eigenvalue weighted by molar-refractivity contribution is 0.0951. The van der Waals surface area contributed by atoms with Crippen molar-refractivity contribution < 1.29 is 9.53 Å². The molecule has 0 atom stereocenters. The molecule has 0 spiro atoms. The first-order valence-corrected chi connectivity index (χ1v) is 8.71. The van der Waals surface area contributed by atoms with Crippen LogP contribution in [0.5, 0.6) is 5.75 Å². The van der Waals surface area contributed by atoms with Crippen molar-refractivity contribution in [3.05, 3.63) is 93.7 Å². The van der Waals surface area contributed by atoms with E-state index in [0.717, 1.165) is 16.9 Å². The van der Waals surface area contributed by atoms with Gasteiger partial charge in [-0.1, -0.05) is 41.4 Å². The normalized spacial score (nSPS) is 10.4. The average Bonchev–Trinajstić information content (AvgIpc) is 2.68. The van der Waals surface area contributed by atoms with Gasteiger partial charge in [-0.15, -0.1) is 0 Å². The van der Waals surface area contributed by atoms with Crippen molar-refractivity contribution >= 4 is 29.1 Å². The number of nitrogens with zero attached hydrogens (tertiary/aromatic N) is 1. The van der Waals surface area contributed by atoms with E-state index in [1.807, 2.05) is 36.4 Å². The van der Waals surface area contributed by atoms with Gasteiger partial charge in [0.2, 0.25) is 0 Å². The predicted molar refractivity (Wildman–Crippen MR) is 103 cm³/mol. The zero-order valence-corrected chi connectivity index (χ0v) is 15.3. The first-order valence-electron chi connectivity index (χ1n) is 7.96. The highest BCUT2D eigenvalue weighted by molar-refractivity contribution is 6.35. The largest absolute Gasteiger partial charge is 0.489 e. The van der Waals surface area contributed by atoms with Gasteiger partial charge in [-0.2, -0.15) is 0 Å². The van der Waals surface area contributed by atoms with E-state index in [-0.39, 0.29) is 5.91 Å². The van der Waals surface area contributed by atoms with Gasteiger partial charge in [0, 0.05) is 29.5 Å². The van der Waals surface area contributed by atoms with Gasteiger partial charge in [0.15, 0.2) is 0 Å². The zero-order valence-electron chi connectivity index (χ0n) is 13.8. The number of rotatable bonds is 6. The van der Waals surface area contributed by atoms with Crippen LogP contribution in [-0.4, -0.2) is 10.9 Å². The summed E-state index contributed by atoms with van der Waals surface area (Å²) in [6, 6.07) is 16.2. The standard InChI is InChI=1S/C20H16Cl2N2O2/c21-16-5-8-19(22)18(10-16)20(25)24-12-14-3-6-17(7-4-14)26-13-15-2-1-9-23-11-15/h1-11H,12-13H2,(H,24,25). The van der Waals surface area contributed by atoms with E-state index in [4.69, 9.17) is 27.9 Å². The van der Waals surface area contributed by atoms with Crippen molar-refractivity contribution in [1.29, 1.82) is 0 Å². The molecule has 6 heteroatoms. The van der Waals surface area contributed by atoms with Crippen molar-refractivity contribution in [3.8, 4) is 5.75 Å². The summed E-state index contributed by atoms with van der Waals surface area (Å²) in [4.78, 5) is 16.3. The molecule has 132 valence electrons. The van der Waals surface area contributed by atoms with Crippen LogP contribution >= 0.6 is 23.2 Å². The van der Waals surface area contributed by atoms with Crippen LogP contribution < -0.4 is 10.1 Å². The van der Waals surface area contributed by atoms with Crippen LogP contribution in [0.25, 0.3) is 0 Å². The molecule has 0 saturated heterocycles. The Bertz CT molecular complexity index is 884. The van der Waals surface area contributed by atoms with Crippen molar-refractivity contribution in [2.45, 2.75) is 13.2 Å². The van der Waals surface area contributed by atoms with E-state index in [2.05, 4.69) is 10.3 Å². The Hall–Kier alpha value is -2.56. The fourth-order valence-corrected chi connectivity index (χ4v) is 2.68. The Kier molecular flexibility index (Phi) is 6.10. The number of ether oxygens (including phenoxy) is 1. The molecule has 0 aliphatic carbocycles. The maximum absolute atomic E-state index is 12.2. The fraction of sp³-hybridized carbons (Fsp3) is 0.100. The number of amides is 1. The Morgan fingerprint density at radius 2 is 1.85 bits per heavy atom. The van der Waals surface area contributed by atoms with Gasteiger partial charge in [-0.25, -0.2) is 0 Å². The minimum atomic E-state index is -0.269. The number of carbonyl (C=O) groups excluding carboxylic acids is 1. The second-order valence-electron chi connectivity index (χ2n) is 5.60. The third kappa shape index (κ3) is 4.97. The highest BCUT2D eigenvalue weighted by atomic mass is 35.5. The molecule has 0 fully saturated rings. The molecule has 3 rings (SSSR count). The van der Waals surface area contributed by atoms with Gasteiger partial charge < -0.3 is 10.1 Å². The topological polar surface area (TPSA) is 51.2 Å². The quantitative estimate of drug-likeness (QED) is 0.655. The minimum absolute atomic E-state index is 0.269. The zero-order chi connectivity index (χ0) is 18.4. The van der Waals surface area contributed by atoms with Crippen LogP contribution in [0, 0.1) is 0 Å². The monoisotopic (exact) mass is 386 g/mol. The number of benzene rings is 2. The van der Waals surface area contributed by atoms with Crippen molar-refractivity contribution in [3.63, 3.8) is 0 Å². The predicted octanol–water partition coefficient (Wildman–Crippen LogP) is 4.90. The molecule has 1 heterocycles. The van der Waals surface area contributed by atoms with E-state index < -0.39 is 0 Å². The first kappa shape index (κ1) is 18.2. The maximum Gasteiger partial charge on any atom is 0.253 e. The van der Waals surface area contributed by atoms with E-state index >= 15 is 0 Å². The minimum Gasteiger partial charge on any atom is -0.489 e. The lowest BCUT2D eigenvalue weighted by atomic mass is 10.2. The molecule has 1 N–H and O–H groups in total. The SMILES string of the molecule is O=C(NCc1ccc(OCc2cccnc2)cc1)c1cc(Cl)ccc1Cl. The summed E-state index contributed by atoms with van der Waals surface area (Å²) < 4.78 is 5.71. The molecule has 1 amide bonds. The second-order valence-corrected chi connectivity index (χ2v) is 6.44. The van der Waals surface area contributed by atoms with Crippen molar-refractivity contribution in [1.82, 2.24) is 10.3 Å².